The van der Waals surface area contributed by atoms with E-state index in [1.807, 2.05) is 67.6 Å². The molecule has 3 rings (SSSR count). The lowest BCUT2D eigenvalue weighted by molar-refractivity contribution is -0.115. The molecule has 0 saturated heterocycles. The summed E-state index contributed by atoms with van der Waals surface area (Å²) in [7, 11) is 1.77. The smallest absolute Gasteiger partial charge is 0.253 e. The predicted octanol–water partition coefficient (Wildman–Crippen LogP) is 4.25. The summed E-state index contributed by atoms with van der Waals surface area (Å²) in [4.78, 5) is 26.8. The van der Waals surface area contributed by atoms with E-state index in [-0.39, 0.29) is 24.4 Å². The van der Waals surface area contributed by atoms with Crippen LogP contribution in [0.25, 0.3) is 0 Å². The molecule has 0 fully saturated rings. The van der Waals surface area contributed by atoms with Crippen LogP contribution < -0.4 is 10.6 Å². The molecule has 0 heterocycles. The van der Waals surface area contributed by atoms with Gasteiger partial charge in [-0.2, -0.15) is 0 Å². The van der Waals surface area contributed by atoms with Crippen molar-refractivity contribution in [3.05, 3.63) is 102 Å². The predicted molar refractivity (Wildman–Crippen MR) is 120 cm³/mol. The second-order valence-corrected chi connectivity index (χ2v) is 7.29. The Hall–Kier alpha value is -3.44. The van der Waals surface area contributed by atoms with E-state index in [2.05, 4.69) is 10.6 Å². The van der Waals surface area contributed by atoms with Crippen molar-refractivity contribution in [1.82, 2.24) is 10.2 Å². The average Bonchev–Trinajstić information content (AvgIpc) is 2.78. The highest BCUT2D eigenvalue weighted by atomic mass is 16.2. The molecule has 5 heteroatoms. The number of anilines is 1. The fourth-order valence-corrected chi connectivity index (χ4v) is 3.19. The fraction of sp³-hybridized carbons (Fsp3) is 0.200. The molecule has 0 spiro atoms. The van der Waals surface area contributed by atoms with Gasteiger partial charge in [-0.1, -0.05) is 66.7 Å². The summed E-state index contributed by atoms with van der Waals surface area (Å²) in [6.45, 7) is 2.73. The molecule has 1 unspecified atom stereocenters. The van der Waals surface area contributed by atoms with E-state index in [9.17, 15) is 9.59 Å². The third kappa shape index (κ3) is 6.03. The first-order chi connectivity index (χ1) is 14.5. The van der Waals surface area contributed by atoms with Gasteiger partial charge in [0.1, 0.15) is 0 Å². The van der Waals surface area contributed by atoms with E-state index >= 15 is 0 Å². The lowest BCUT2D eigenvalue weighted by Crippen LogP contribution is -2.30. The first kappa shape index (κ1) is 21.3. The van der Waals surface area contributed by atoms with Crippen molar-refractivity contribution in [2.45, 2.75) is 19.5 Å². The number of rotatable bonds is 8. The molecule has 0 radical (unpaired) electrons. The lowest BCUT2D eigenvalue weighted by Gasteiger charge is -2.18. The first-order valence-corrected chi connectivity index (χ1v) is 10.0. The summed E-state index contributed by atoms with van der Waals surface area (Å²) in [6, 6.07) is 26.9. The highest BCUT2D eigenvalue weighted by molar-refractivity contribution is 5.97. The third-order valence-corrected chi connectivity index (χ3v) is 4.87. The zero-order valence-electron chi connectivity index (χ0n) is 17.3. The van der Waals surface area contributed by atoms with Gasteiger partial charge in [0.05, 0.1) is 6.54 Å². The average molecular weight is 402 g/mol. The van der Waals surface area contributed by atoms with Crippen LogP contribution in [0.1, 0.15) is 34.5 Å². The summed E-state index contributed by atoms with van der Waals surface area (Å²) in [6.07, 6.45) is 0. The van der Waals surface area contributed by atoms with Gasteiger partial charge in [-0.25, -0.2) is 0 Å². The number of nitrogens with one attached hydrogen (secondary N) is 2. The van der Waals surface area contributed by atoms with E-state index in [4.69, 9.17) is 0 Å². The summed E-state index contributed by atoms with van der Waals surface area (Å²) in [5.41, 5.74) is 3.33. The molecule has 2 amide bonds. The van der Waals surface area contributed by atoms with Crippen LogP contribution in [0.2, 0.25) is 0 Å². The molecule has 0 aliphatic carbocycles. The second kappa shape index (κ2) is 10.4. The monoisotopic (exact) mass is 401 g/mol. The van der Waals surface area contributed by atoms with Crippen molar-refractivity contribution in [3.8, 4) is 0 Å². The van der Waals surface area contributed by atoms with Gasteiger partial charge >= 0.3 is 0 Å². The molecular formula is C25H27N3O2. The van der Waals surface area contributed by atoms with E-state index in [0.717, 1.165) is 11.1 Å². The Balaban J connectivity index is 1.55. The van der Waals surface area contributed by atoms with Gasteiger partial charge < -0.3 is 15.5 Å². The van der Waals surface area contributed by atoms with Crippen LogP contribution in [-0.2, 0) is 11.3 Å². The Morgan fingerprint density at radius 3 is 2.27 bits per heavy atom. The van der Waals surface area contributed by atoms with Crippen LogP contribution in [0.4, 0.5) is 5.69 Å². The van der Waals surface area contributed by atoms with Gasteiger partial charge in [0.2, 0.25) is 5.91 Å². The second-order valence-electron chi connectivity index (χ2n) is 7.29. The normalized spacial score (nSPS) is 11.5. The molecule has 0 aliphatic heterocycles. The molecule has 0 saturated carbocycles. The zero-order valence-corrected chi connectivity index (χ0v) is 17.3. The number of hydrogen-bond donors (Lipinski definition) is 2. The minimum Gasteiger partial charge on any atom is -0.337 e. The Bertz CT molecular complexity index is 974. The zero-order chi connectivity index (χ0) is 21.3. The summed E-state index contributed by atoms with van der Waals surface area (Å²) in [5, 5.41) is 6.08. The topological polar surface area (TPSA) is 61.4 Å². The SMILES string of the molecule is CC(NCC(=O)Nc1cccc(C(=O)N(C)Cc2ccccc2)c1)c1ccccc1. The van der Waals surface area contributed by atoms with Crippen molar-refractivity contribution in [3.63, 3.8) is 0 Å². The van der Waals surface area contributed by atoms with Crippen LogP contribution in [0.15, 0.2) is 84.9 Å². The minimum atomic E-state index is -0.153. The van der Waals surface area contributed by atoms with Crippen LogP contribution in [0.5, 0.6) is 0 Å². The molecule has 0 aliphatic rings. The Kier molecular flexibility index (Phi) is 7.35. The quantitative estimate of drug-likeness (QED) is 0.593. The van der Waals surface area contributed by atoms with Crippen molar-refractivity contribution < 1.29 is 9.59 Å². The molecule has 3 aromatic carbocycles. The number of benzene rings is 3. The minimum absolute atomic E-state index is 0.0662. The number of carbonyl (C=O) groups excluding carboxylic acids is 2. The number of carbonyl (C=O) groups is 2. The molecule has 154 valence electrons. The van der Waals surface area contributed by atoms with Gasteiger partial charge in [0, 0.05) is 30.9 Å². The maximum atomic E-state index is 12.8. The van der Waals surface area contributed by atoms with Crippen LogP contribution in [0, 0.1) is 0 Å². The molecule has 1 atom stereocenters. The van der Waals surface area contributed by atoms with Crippen molar-refractivity contribution in [2.24, 2.45) is 0 Å². The molecule has 0 bridgehead atoms. The highest BCUT2D eigenvalue weighted by Crippen LogP contribution is 2.14. The summed E-state index contributed by atoms with van der Waals surface area (Å²) in [5.74, 6) is -0.245. The van der Waals surface area contributed by atoms with Crippen molar-refractivity contribution >= 4 is 17.5 Å². The van der Waals surface area contributed by atoms with Crippen LogP contribution in [-0.4, -0.2) is 30.3 Å². The van der Waals surface area contributed by atoms with Gasteiger partial charge in [-0.15, -0.1) is 0 Å². The van der Waals surface area contributed by atoms with Crippen LogP contribution >= 0.6 is 0 Å². The number of amides is 2. The number of nitrogens with zero attached hydrogens (tertiary/aromatic N) is 1. The van der Waals surface area contributed by atoms with Crippen molar-refractivity contribution in [1.29, 1.82) is 0 Å². The molecule has 5 nitrogen and oxygen atoms in total. The Labute approximate surface area is 177 Å². The van der Waals surface area contributed by atoms with Gasteiger partial charge in [-0.05, 0) is 36.2 Å². The third-order valence-electron chi connectivity index (χ3n) is 4.87. The van der Waals surface area contributed by atoms with Gasteiger partial charge in [0.25, 0.3) is 5.91 Å². The molecule has 0 aromatic heterocycles. The maximum Gasteiger partial charge on any atom is 0.253 e. The van der Waals surface area contributed by atoms with E-state index in [0.29, 0.717) is 17.8 Å². The van der Waals surface area contributed by atoms with Gasteiger partial charge in [-0.3, -0.25) is 9.59 Å². The van der Waals surface area contributed by atoms with E-state index in [1.165, 1.54) is 0 Å². The molecule has 3 aromatic rings. The standard InChI is InChI=1S/C25H27N3O2/c1-19(21-12-7-4-8-13-21)26-17-24(29)27-23-15-9-14-22(16-23)25(30)28(2)18-20-10-5-3-6-11-20/h3-16,19,26H,17-18H2,1-2H3,(H,27,29). The molecule has 2 N–H and O–H groups in total. The van der Waals surface area contributed by atoms with Crippen LogP contribution in [0.3, 0.4) is 0 Å². The highest BCUT2D eigenvalue weighted by Gasteiger charge is 2.13. The molecular weight excluding hydrogens is 374 g/mol. The van der Waals surface area contributed by atoms with E-state index in [1.54, 1.807) is 36.2 Å². The first-order valence-electron chi connectivity index (χ1n) is 10.0. The largest absolute Gasteiger partial charge is 0.337 e. The Morgan fingerprint density at radius 1 is 0.900 bits per heavy atom. The number of hydrogen-bond acceptors (Lipinski definition) is 3. The Morgan fingerprint density at radius 2 is 1.57 bits per heavy atom. The van der Waals surface area contributed by atoms with Crippen molar-refractivity contribution in [2.75, 3.05) is 18.9 Å². The van der Waals surface area contributed by atoms with Gasteiger partial charge in [0.15, 0.2) is 0 Å². The van der Waals surface area contributed by atoms with E-state index < -0.39 is 0 Å². The fourth-order valence-electron chi connectivity index (χ4n) is 3.19. The summed E-state index contributed by atoms with van der Waals surface area (Å²) < 4.78 is 0. The maximum absolute atomic E-state index is 12.8. The molecule has 30 heavy (non-hydrogen) atoms. The lowest BCUT2D eigenvalue weighted by atomic mass is 10.1. The summed E-state index contributed by atoms with van der Waals surface area (Å²) >= 11 is 0.